The van der Waals surface area contributed by atoms with Crippen molar-refractivity contribution in [3.8, 4) is 0 Å². The van der Waals surface area contributed by atoms with Gasteiger partial charge in [0.25, 0.3) is 0 Å². The highest BCUT2D eigenvalue weighted by atomic mass is 16.5. The lowest BCUT2D eigenvalue weighted by Gasteiger charge is -2.34. The van der Waals surface area contributed by atoms with Crippen LogP contribution in [0.3, 0.4) is 0 Å². The zero-order valence-electron chi connectivity index (χ0n) is 8.34. The van der Waals surface area contributed by atoms with E-state index in [1.165, 1.54) is 19.3 Å². The fraction of sp³-hybridized carbons (Fsp3) is 1.00. The number of likely N-dealkylation sites (N-methyl/N-ethyl adjacent to an activating group) is 1. The van der Waals surface area contributed by atoms with E-state index in [1.54, 1.807) is 0 Å². The van der Waals surface area contributed by atoms with E-state index in [-0.39, 0.29) is 5.72 Å². The standard InChI is InChI=1S/C10H19NO/c1-8-5-4-6-10(8)11(3)7-9(2)12-10/h8-9H,4-7H2,1-3H3. The molecule has 1 spiro atoms. The molecule has 1 saturated heterocycles. The van der Waals surface area contributed by atoms with Gasteiger partial charge >= 0.3 is 0 Å². The van der Waals surface area contributed by atoms with Gasteiger partial charge in [-0.15, -0.1) is 0 Å². The van der Waals surface area contributed by atoms with Crippen molar-refractivity contribution in [3.63, 3.8) is 0 Å². The zero-order chi connectivity index (χ0) is 8.77. The molecule has 1 saturated carbocycles. The largest absolute Gasteiger partial charge is 0.356 e. The van der Waals surface area contributed by atoms with Crippen LogP contribution in [0.5, 0.6) is 0 Å². The number of hydrogen-bond acceptors (Lipinski definition) is 2. The molecular weight excluding hydrogens is 150 g/mol. The predicted molar refractivity (Wildman–Crippen MR) is 48.9 cm³/mol. The van der Waals surface area contributed by atoms with Gasteiger partial charge in [0, 0.05) is 6.54 Å². The lowest BCUT2D eigenvalue weighted by molar-refractivity contribution is -0.114. The summed E-state index contributed by atoms with van der Waals surface area (Å²) in [5.74, 6) is 0.715. The van der Waals surface area contributed by atoms with Crippen LogP contribution in [0, 0.1) is 5.92 Å². The van der Waals surface area contributed by atoms with Crippen LogP contribution in [0.2, 0.25) is 0 Å². The van der Waals surface area contributed by atoms with E-state index >= 15 is 0 Å². The van der Waals surface area contributed by atoms with Crippen LogP contribution < -0.4 is 0 Å². The molecule has 2 rings (SSSR count). The maximum atomic E-state index is 6.06. The average molecular weight is 169 g/mol. The minimum absolute atomic E-state index is 0.111. The minimum Gasteiger partial charge on any atom is -0.356 e. The number of nitrogens with zero attached hydrogens (tertiary/aromatic N) is 1. The molecule has 0 aromatic carbocycles. The van der Waals surface area contributed by atoms with Crippen molar-refractivity contribution in [1.82, 2.24) is 4.90 Å². The molecule has 2 aliphatic rings. The van der Waals surface area contributed by atoms with Gasteiger partial charge in [-0.3, -0.25) is 4.90 Å². The zero-order valence-corrected chi connectivity index (χ0v) is 8.34. The highest BCUT2D eigenvalue weighted by Gasteiger charge is 2.49. The molecule has 1 heterocycles. The molecular formula is C10H19NO. The maximum Gasteiger partial charge on any atom is 0.124 e. The van der Waals surface area contributed by atoms with Gasteiger partial charge in [-0.05, 0) is 39.2 Å². The second kappa shape index (κ2) is 2.71. The van der Waals surface area contributed by atoms with E-state index in [0.717, 1.165) is 6.54 Å². The molecule has 70 valence electrons. The Labute approximate surface area is 74.9 Å². The molecule has 1 aliphatic heterocycles. The summed E-state index contributed by atoms with van der Waals surface area (Å²) in [5, 5.41) is 0. The highest BCUT2D eigenvalue weighted by Crippen LogP contribution is 2.44. The van der Waals surface area contributed by atoms with Crippen LogP contribution in [-0.2, 0) is 4.74 Å². The van der Waals surface area contributed by atoms with Crippen LogP contribution in [0.1, 0.15) is 33.1 Å². The second-order valence-electron chi connectivity index (χ2n) is 4.45. The summed E-state index contributed by atoms with van der Waals surface area (Å²) in [6, 6.07) is 0. The first-order valence-electron chi connectivity index (χ1n) is 5.04. The Kier molecular flexibility index (Phi) is 1.92. The number of rotatable bonds is 0. The quantitative estimate of drug-likeness (QED) is 0.549. The summed E-state index contributed by atoms with van der Waals surface area (Å²) in [6.07, 6.45) is 4.32. The molecule has 0 aromatic heterocycles. The second-order valence-corrected chi connectivity index (χ2v) is 4.45. The molecule has 0 bridgehead atoms. The van der Waals surface area contributed by atoms with E-state index in [1.807, 2.05) is 0 Å². The Bertz CT molecular complexity index is 183. The van der Waals surface area contributed by atoms with Gasteiger partial charge in [-0.2, -0.15) is 0 Å². The maximum absolute atomic E-state index is 6.06. The molecule has 1 aliphatic carbocycles. The molecule has 2 fully saturated rings. The van der Waals surface area contributed by atoms with Crippen molar-refractivity contribution in [2.45, 2.75) is 44.9 Å². The van der Waals surface area contributed by atoms with E-state index in [9.17, 15) is 0 Å². The van der Waals surface area contributed by atoms with Crippen molar-refractivity contribution < 1.29 is 4.74 Å². The Balaban J connectivity index is 2.19. The van der Waals surface area contributed by atoms with Crippen LogP contribution in [-0.4, -0.2) is 30.3 Å². The van der Waals surface area contributed by atoms with Gasteiger partial charge in [0.1, 0.15) is 5.72 Å². The van der Waals surface area contributed by atoms with Gasteiger partial charge in [0.2, 0.25) is 0 Å². The minimum atomic E-state index is 0.111. The fourth-order valence-electron chi connectivity index (χ4n) is 2.89. The molecule has 3 atom stereocenters. The first-order valence-corrected chi connectivity index (χ1v) is 5.04. The van der Waals surface area contributed by atoms with Crippen molar-refractivity contribution in [1.29, 1.82) is 0 Å². The van der Waals surface area contributed by atoms with Gasteiger partial charge in [0.15, 0.2) is 0 Å². The molecule has 12 heavy (non-hydrogen) atoms. The molecule has 2 nitrogen and oxygen atoms in total. The Morgan fingerprint density at radius 1 is 1.42 bits per heavy atom. The molecule has 2 heteroatoms. The van der Waals surface area contributed by atoms with Gasteiger partial charge < -0.3 is 4.74 Å². The number of ether oxygens (including phenoxy) is 1. The summed E-state index contributed by atoms with van der Waals surface area (Å²) < 4.78 is 6.06. The highest BCUT2D eigenvalue weighted by molar-refractivity contribution is 4.95. The first-order chi connectivity index (χ1) is 5.65. The van der Waals surface area contributed by atoms with Crippen molar-refractivity contribution in [2.75, 3.05) is 13.6 Å². The molecule has 0 aromatic rings. The lowest BCUT2D eigenvalue weighted by atomic mass is 10.0. The van der Waals surface area contributed by atoms with Gasteiger partial charge in [-0.25, -0.2) is 0 Å². The van der Waals surface area contributed by atoms with E-state index in [0.29, 0.717) is 12.0 Å². The predicted octanol–water partition coefficient (Wildman–Crippen LogP) is 1.85. The molecule has 3 unspecified atom stereocenters. The summed E-state index contributed by atoms with van der Waals surface area (Å²) in [4.78, 5) is 2.41. The average Bonchev–Trinajstić information content (AvgIpc) is 2.44. The van der Waals surface area contributed by atoms with Gasteiger partial charge in [0.05, 0.1) is 6.10 Å². The van der Waals surface area contributed by atoms with Crippen LogP contribution >= 0.6 is 0 Å². The van der Waals surface area contributed by atoms with E-state index in [4.69, 9.17) is 4.74 Å². The summed E-state index contributed by atoms with van der Waals surface area (Å²) in [7, 11) is 2.20. The van der Waals surface area contributed by atoms with Gasteiger partial charge in [-0.1, -0.05) is 6.92 Å². The third kappa shape index (κ3) is 1.01. The number of hydrogen-bond donors (Lipinski definition) is 0. The Hall–Kier alpha value is -0.0800. The SMILES string of the molecule is CC1CN(C)C2(CCCC2C)O1. The first kappa shape index (κ1) is 8.52. The van der Waals surface area contributed by atoms with Crippen LogP contribution in [0.4, 0.5) is 0 Å². The third-order valence-electron chi connectivity index (χ3n) is 3.52. The van der Waals surface area contributed by atoms with Crippen molar-refractivity contribution in [3.05, 3.63) is 0 Å². The smallest absolute Gasteiger partial charge is 0.124 e. The Morgan fingerprint density at radius 2 is 2.17 bits per heavy atom. The summed E-state index contributed by atoms with van der Waals surface area (Å²) >= 11 is 0. The molecule has 0 amide bonds. The topological polar surface area (TPSA) is 12.5 Å². The molecule has 0 radical (unpaired) electrons. The monoisotopic (exact) mass is 169 g/mol. The normalized spacial score (nSPS) is 49.2. The van der Waals surface area contributed by atoms with Crippen molar-refractivity contribution >= 4 is 0 Å². The molecule has 0 N–H and O–H groups in total. The van der Waals surface area contributed by atoms with E-state index in [2.05, 4.69) is 25.8 Å². The van der Waals surface area contributed by atoms with Crippen LogP contribution in [0.15, 0.2) is 0 Å². The summed E-state index contributed by atoms with van der Waals surface area (Å²) in [5.41, 5.74) is 0.111. The van der Waals surface area contributed by atoms with Crippen LogP contribution in [0.25, 0.3) is 0 Å². The fourth-order valence-corrected chi connectivity index (χ4v) is 2.89. The van der Waals surface area contributed by atoms with E-state index < -0.39 is 0 Å². The lowest BCUT2D eigenvalue weighted by Crippen LogP contribution is -2.44. The Morgan fingerprint density at radius 3 is 2.58 bits per heavy atom. The summed E-state index contributed by atoms with van der Waals surface area (Å²) in [6.45, 7) is 5.60. The third-order valence-corrected chi connectivity index (χ3v) is 3.52. The van der Waals surface area contributed by atoms with Crippen molar-refractivity contribution in [2.24, 2.45) is 5.92 Å².